The van der Waals surface area contributed by atoms with E-state index >= 15 is 4.79 Å². The Labute approximate surface area is 365 Å². The minimum Gasteiger partial charge on any atom is -0.497 e. The number of amides is 3. The molecule has 5 atom stereocenters. The van der Waals surface area contributed by atoms with Crippen molar-refractivity contribution in [3.05, 3.63) is 161 Å². The van der Waals surface area contributed by atoms with E-state index in [2.05, 4.69) is 20.9 Å². The van der Waals surface area contributed by atoms with Gasteiger partial charge in [0.15, 0.2) is 5.60 Å². The van der Waals surface area contributed by atoms with Crippen molar-refractivity contribution < 1.29 is 38.8 Å². The van der Waals surface area contributed by atoms with E-state index in [1.54, 1.807) is 117 Å². The maximum absolute atomic E-state index is 15.2. The van der Waals surface area contributed by atoms with Crippen molar-refractivity contribution in [1.82, 2.24) is 15.0 Å². The van der Waals surface area contributed by atoms with Gasteiger partial charge in [-0.05, 0) is 110 Å². The number of hydrogen-bond acceptors (Lipinski definition) is 10. The second kappa shape index (κ2) is 17.5. The number of aryl methyl sites for hydroxylation is 1. The molecule has 1 fully saturated rings. The molecular formula is C49H50N6O8. The Kier molecular flexibility index (Phi) is 11.9. The van der Waals surface area contributed by atoms with Crippen molar-refractivity contribution in [1.29, 1.82) is 0 Å². The molecule has 63 heavy (non-hydrogen) atoms. The molecule has 0 radical (unpaired) electrons. The first-order valence-electron chi connectivity index (χ1n) is 20.8. The summed E-state index contributed by atoms with van der Waals surface area (Å²) in [7, 11) is 3.12. The first kappa shape index (κ1) is 42.8. The van der Waals surface area contributed by atoms with Crippen LogP contribution < -0.4 is 25.0 Å². The maximum Gasteiger partial charge on any atom is 0.264 e. The summed E-state index contributed by atoms with van der Waals surface area (Å²) in [6.07, 6.45) is 0.485. The molecule has 8 rings (SSSR count). The number of anilines is 3. The molecule has 3 heterocycles. The zero-order valence-corrected chi connectivity index (χ0v) is 35.7. The van der Waals surface area contributed by atoms with E-state index in [1.165, 1.54) is 0 Å². The van der Waals surface area contributed by atoms with Gasteiger partial charge in [-0.2, -0.15) is 0 Å². The Morgan fingerprint density at radius 1 is 0.841 bits per heavy atom. The van der Waals surface area contributed by atoms with E-state index in [1.807, 2.05) is 55.5 Å². The van der Waals surface area contributed by atoms with Gasteiger partial charge in [0.25, 0.3) is 17.7 Å². The largest absolute Gasteiger partial charge is 0.497 e. The van der Waals surface area contributed by atoms with Gasteiger partial charge in [-0.1, -0.05) is 54.6 Å². The van der Waals surface area contributed by atoms with Crippen LogP contribution in [-0.2, 0) is 28.2 Å². The van der Waals surface area contributed by atoms with Crippen molar-refractivity contribution in [2.45, 2.75) is 63.7 Å². The molecule has 4 N–H and O–H groups in total. The summed E-state index contributed by atoms with van der Waals surface area (Å²) >= 11 is 0. The summed E-state index contributed by atoms with van der Waals surface area (Å²) in [6, 6.07) is 35.4. The fourth-order valence-corrected chi connectivity index (χ4v) is 8.96. The van der Waals surface area contributed by atoms with Gasteiger partial charge in [0.1, 0.15) is 23.3 Å². The average Bonchev–Trinajstić information content (AvgIpc) is 3.96. The summed E-state index contributed by atoms with van der Waals surface area (Å²) in [5.74, 6) is -0.699. The topological polar surface area (TPSA) is 177 Å². The average molecular weight is 851 g/mol. The van der Waals surface area contributed by atoms with Crippen molar-refractivity contribution in [3.63, 3.8) is 0 Å². The number of methoxy groups -OCH3 is 2. The number of rotatable bonds is 14. The van der Waals surface area contributed by atoms with Crippen LogP contribution in [0.2, 0.25) is 0 Å². The highest BCUT2D eigenvalue weighted by Crippen LogP contribution is 2.58. The maximum atomic E-state index is 15.2. The number of carbonyl (C=O) groups is 3. The minimum absolute atomic E-state index is 0.178. The van der Waals surface area contributed by atoms with Crippen LogP contribution in [-0.4, -0.2) is 68.9 Å². The summed E-state index contributed by atoms with van der Waals surface area (Å²) in [4.78, 5) is 43.4. The molecule has 0 bridgehead atoms. The van der Waals surface area contributed by atoms with Crippen LogP contribution in [0.15, 0.2) is 128 Å². The fraction of sp³-hybridized carbons (Fsp3) is 0.286. The Morgan fingerprint density at radius 3 is 2.02 bits per heavy atom. The Morgan fingerprint density at radius 2 is 1.43 bits per heavy atom. The number of hydrogen-bond donors (Lipinski definition) is 4. The molecule has 2 aliphatic heterocycles. The first-order chi connectivity index (χ1) is 30.3. The van der Waals surface area contributed by atoms with Crippen LogP contribution in [0.3, 0.4) is 0 Å². The standard InChI is InChI=1S/C49H50N6O8/c1-30-43(48(2,3)60)42(25-26-54-29-40(52-53-54)44(56)32-9-7-6-8-10-32)63-49(30)39-27-36(51-46(58)34-15-22-38(62-5)23-16-34)19-24-41(39)55(47(49)59)28-31-11-17-35(18-12-31)50-45(57)33-13-20-37(61-4)21-14-33/h6-24,27,29-30,42-44,56,60H,25-26,28H2,1-5H3,(H,50,57)(H,51,58)/t30-,42+,43-,44+,49+/m0/s1. The number of benzene rings is 5. The Hall–Kier alpha value is -6.87. The normalized spacial score (nSPS) is 19.8. The number of aliphatic hydroxyl groups excluding tert-OH is 1. The van der Waals surface area contributed by atoms with Gasteiger partial charge in [0, 0.05) is 46.4 Å². The van der Waals surface area contributed by atoms with Gasteiger partial charge in [-0.3, -0.25) is 19.1 Å². The lowest BCUT2D eigenvalue weighted by molar-refractivity contribution is -0.146. The number of nitrogens with zero attached hydrogens (tertiary/aromatic N) is 4. The molecule has 0 aliphatic carbocycles. The van der Waals surface area contributed by atoms with E-state index in [0.29, 0.717) is 69.5 Å². The quantitative estimate of drug-likeness (QED) is 0.0882. The number of aliphatic hydroxyl groups is 2. The van der Waals surface area contributed by atoms with Crippen molar-refractivity contribution in [3.8, 4) is 11.5 Å². The second-order valence-corrected chi connectivity index (χ2v) is 16.6. The predicted octanol–water partition coefficient (Wildman–Crippen LogP) is 7.14. The van der Waals surface area contributed by atoms with Crippen LogP contribution in [0.4, 0.5) is 17.1 Å². The molecule has 1 aromatic heterocycles. The lowest BCUT2D eigenvalue weighted by Crippen LogP contribution is -2.46. The smallest absolute Gasteiger partial charge is 0.264 e. The molecule has 5 aromatic carbocycles. The van der Waals surface area contributed by atoms with Crippen molar-refractivity contribution >= 4 is 34.8 Å². The highest BCUT2D eigenvalue weighted by molar-refractivity contribution is 6.09. The molecule has 0 unspecified atom stereocenters. The monoisotopic (exact) mass is 850 g/mol. The number of ether oxygens (including phenoxy) is 3. The first-order valence-corrected chi connectivity index (χ1v) is 20.8. The van der Waals surface area contributed by atoms with Gasteiger partial charge in [-0.25, -0.2) is 0 Å². The second-order valence-electron chi connectivity index (χ2n) is 16.6. The molecule has 1 saturated heterocycles. The summed E-state index contributed by atoms with van der Waals surface area (Å²) in [6.45, 7) is 5.90. The summed E-state index contributed by atoms with van der Waals surface area (Å²) in [5, 5.41) is 37.2. The van der Waals surface area contributed by atoms with E-state index < -0.39 is 35.2 Å². The third-order valence-electron chi connectivity index (χ3n) is 12.1. The lowest BCUT2D eigenvalue weighted by Gasteiger charge is -2.34. The predicted molar refractivity (Wildman–Crippen MR) is 237 cm³/mol. The molecule has 1 spiro atoms. The van der Waals surface area contributed by atoms with Gasteiger partial charge < -0.3 is 40.0 Å². The number of fused-ring (bicyclic) bond motifs is 2. The molecule has 14 nitrogen and oxygen atoms in total. The highest BCUT2D eigenvalue weighted by atomic mass is 16.5. The van der Waals surface area contributed by atoms with E-state index in [-0.39, 0.29) is 24.3 Å². The molecule has 14 heteroatoms. The van der Waals surface area contributed by atoms with Gasteiger partial charge in [0.05, 0.1) is 44.4 Å². The van der Waals surface area contributed by atoms with E-state index in [9.17, 15) is 19.8 Å². The van der Waals surface area contributed by atoms with E-state index in [4.69, 9.17) is 14.2 Å². The Bertz CT molecular complexity index is 2590. The van der Waals surface area contributed by atoms with Crippen molar-refractivity contribution in [2.75, 3.05) is 29.8 Å². The van der Waals surface area contributed by atoms with E-state index in [0.717, 1.165) is 5.56 Å². The zero-order chi connectivity index (χ0) is 44.5. The molecule has 6 aromatic rings. The molecule has 2 aliphatic rings. The summed E-state index contributed by atoms with van der Waals surface area (Å²) < 4.78 is 19.2. The molecule has 3 amide bonds. The minimum atomic E-state index is -1.53. The van der Waals surface area contributed by atoms with Crippen LogP contribution in [0.1, 0.15) is 76.4 Å². The highest BCUT2D eigenvalue weighted by Gasteiger charge is 2.65. The SMILES string of the molecule is COc1ccc(C(=O)Nc2ccc(CN3C(=O)[C@]4(O[C@H](CCn5cc([C@H](O)c6ccccc6)nn5)[C@@H](C(C)(C)O)[C@@H]4C)c4cc(NC(=O)c5ccc(OC)cc5)ccc43)cc2)cc1. The molecular weight excluding hydrogens is 801 g/mol. The van der Waals surface area contributed by atoms with Crippen LogP contribution in [0.5, 0.6) is 11.5 Å². The number of nitrogens with one attached hydrogen (secondary N) is 2. The van der Waals surface area contributed by atoms with Gasteiger partial charge in [0.2, 0.25) is 0 Å². The van der Waals surface area contributed by atoms with Gasteiger partial charge >= 0.3 is 0 Å². The third kappa shape index (κ3) is 8.52. The van der Waals surface area contributed by atoms with Gasteiger partial charge in [-0.15, -0.1) is 5.10 Å². The Balaban J connectivity index is 1.08. The molecule has 0 saturated carbocycles. The zero-order valence-electron chi connectivity index (χ0n) is 35.7. The fourth-order valence-electron chi connectivity index (χ4n) is 8.96. The molecule has 324 valence electrons. The van der Waals surface area contributed by atoms with Crippen molar-refractivity contribution in [2.24, 2.45) is 11.8 Å². The third-order valence-corrected chi connectivity index (χ3v) is 12.1. The summed E-state index contributed by atoms with van der Waals surface area (Å²) in [5.41, 5.74) is 2.20. The van der Waals surface area contributed by atoms with Crippen LogP contribution in [0.25, 0.3) is 0 Å². The number of carbonyl (C=O) groups excluding carboxylic acids is 3. The number of aromatic nitrogens is 3. The lowest BCUT2D eigenvalue weighted by atomic mass is 9.71. The van der Waals surface area contributed by atoms with Crippen LogP contribution in [0, 0.1) is 11.8 Å². The van der Waals surface area contributed by atoms with Crippen LogP contribution >= 0.6 is 0 Å².